The molecule has 1 aromatic heterocycles. The van der Waals surface area contributed by atoms with Gasteiger partial charge in [-0.05, 0) is 48.6 Å². The summed E-state index contributed by atoms with van der Waals surface area (Å²) in [6.07, 6.45) is -2.56. The third-order valence-corrected chi connectivity index (χ3v) is 5.19. The first-order valence-corrected chi connectivity index (χ1v) is 8.87. The number of pyridine rings is 1. The molecule has 144 valence electrons. The number of hydrogen-bond acceptors (Lipinski definition) is 3. The Morgan fingerprint density at radius 2 is 1.93 bits per heavy atom. The molecule has 2 aromatic carbocycles. The SMILES string of the molecule is Cc1cc(C2CC2C(F)(F)F)ccc1C(=O)N(N)c1cnc2ccccc2c1. The van der Waals surface area contributed by atoms with Gasteiger partial charge in [0.05, 0.1) is 23.3 Å². The summed E-state index contributed by atoms with van der Waals surface area (Å²) < 4.78 is 38.4. The number of anilines is 1. The van der Waals surface area contributed by atoms with E-state index in [1.54, 1.807) is 31.2 Å². The van der Waals surface area contributed by atoms with Crippen LogP contribution in [0, 0.1) is 12.8 Å². The molecule has 3 aromatic rings. The molecule has 1 fully saturated rings. The monoisotopic (exact) mass is 385 g/mol. The lowest BCUT2D eigenvalue weighted by molar-refractivity contribution is -0.148. The minimum Gasteiger partial charge on any atom is -0.267 e. The number of aryl methyl sites for hydroxylation is 1. The van der Waals surface area contributed by atoms with Crippen LogP contribution in [-0.4, -0.2) is 17.1 Å². The molecule has 1 aliphatic rings. The first-order chi connectivity index (χ1) is 13.3. The molecule has 2 N–H and O–H groups in total. The van der Waals surface area contributed by atoms with Crippen molar-refractivity contribution < 1.29 is 18.0 Å². The van der Waals surface area contributed by atoms with E-state index in [9.17, 15) is 18.0 Å². The Hall–Kier alpha value is -2.93. The molecule has 1 saturated carbocycles. The zero-order valence-corrected chi connectivity index (χ0v) is 15.1. The minimum atomic E-state index is -4.18. The van der Waals surface area contributed by atoms with Gasteiger partial charge in [0, 0.05) is 10.9 Å². The van der Waals surface area contributed by atoms with E-state index in [1.165, 1.54) is 6.20 Å². The molecule has 0 spiro atoms. The maximum absolute atomic E-state index is 12.8. The van der Waals surface area contributed by atoms with Gasteiger partial charge in [-0.25, -0.2) is 10.9 Å². The molecule has 4 nitrogen and oxygen atoms in total. The van der Waals surface area contributed by atoms with Crippen LogP contribution >= 0.6 is 0 Å². The van der Waals surface area contributed by atoms with Crippen LogP contribution in [0.1, 0.15) is 33.8 Å². The van der Waals surface area contributed by atoms with E-state index in [0.29, 0.717) is 22.4 Å². The second-order valence-corrected chi connectivity index (χ2v) is 7.13. The van der Waals surface area contributed by atoms with Gasteiger partial charge in [0.15, 0.2) is 0 Å². The maximum Gasteiger partial charge on any atom is 0.392 e. The van der Waals surface area contributed by atoms with Crippen LogP contribution in [0.15, 0.2) is 54.7 Å². The molecular formula is C21H18F3N3O. The molecule has 0 bridgehead atoms. The van der Waals surface area contributed by atoms with Crippen molar-refractivity contribution in [2.24, 2.45) is 11.8 Å². The molecule has 0 radical (unpaired) electrons. The first kappa shape index (κ1) is 18.4. The summed E-state index contributed by atoms with van der Waals surface area (Å²) in [5, 5.41) is 1.86. The van der Waals surface area contributed by atoms with Crippen LogP contribution in [-0.2, 0) is 0 Å². The summed E-state index contributed by atoms with van der Waals surface area (Å²) in [5.41, 5.74) is 2.78. The highest BCUT2D eigenvalue weighted by Gasteiger charge is 2.56. The lowest BCUT2D eigenvalue weighted by Gasteiger charge is -2.18. The van der Waals surface area contributed by atoms with Crippen molar-refractivity contribution in [1.82, 2.24) is 4.98 Å². The van der Waals surface area contributed by atoms with Crippen molar-refractivity contribution in [3.63, 3.8) is 0 Å². The molecule has 0 saturated heterocycles. The number of carbonyl (C=O) groups is 1. The van der Waals surface area contributed by atoms with Gasteiger partial charge >= 0.3 is 6.18 Å². The third kappa shape index (κ3) is 3.33. The smallest absolute Gasteiger partial charge is 0.267 e. The van der Waals surface area contributed by atoms with Gasteiger partial charge in [0.25, 0.3) is 5.91 Å². The van der Waals surface area contributed by atoms with Crippen molar-refractivity contribution in [3.8, 4) is 0 Å². The Balaban J connectivity index is 1.57. The molecule has 7 heteroatoms. The zero-order chi connectivity index (χ0) is 20.1. The van der Waals surface area contributed by atoms with Gasteiger partial charge < -0.3 is 0 Å². The second-order valence-electron chi connectivity index (χ2n) is 7.13. The number of halogens is 3. The van der Waals surface area contributed by atoms with Crippen LogP contribution in [0.3, 0.4) is 0 Å². The van der Waals surface area contributed by atoms with Crippen LogP contribution in [0.5, 0.6) is 0 Å². The summed E-state index contributed by atoms with van der Waals surface area (Å²) in [4.78, 5) is 17.1. The Bertz CT molecular complexity index is 1060. The normalized spacial score (nSPS) is 18.9. The van der Waals surface area contributed by atoms with E-state index in [2.05, 4.69) is 4.98 Å². The topological polar surface area (TPSA) is 59.2 Å². The average molecular weight is 385 g/mol. The summed E-state index contributed by atoms with van der Waals surface area (Å²) in [6, 6.07) is 14.0. The van der Waals surface area contributed by atoms with Gasteiger partial charge in [0.1, 0.15) is 0 Å². The van der Waals surface area contributed by atoms with Gasteiger partial charge in [-0.1, -0.05) is 30.3 Å². The standard InChI is InChI=1S/C21H18F3N3O/c1-12-8-13(17-10-18(17)21(22,23)24)6-7-16(12)20(28)27(25)15-9-14-4-2-3-5-19(14)26-11-15/h2-9,11,17-18H,10,25H2,1H3. The summed E-state index contributed by atoms with van der Waals surface area (Å²) in [5.74, 6) is 3.76. The molecule has 2 atom stereocenters. The number of nitrogens with two attached hydrogens (primary N) is 1. The Morgan fingerprint density at radius 1 is 1.18 bits per heavy atom. The highest BCUT2D eigenvalue weighted by molar-refractivity contribution is 6.06. The number of rotatable bonds is 3. The molecule has 0 aliphatic heterocycles. The van der Waals surface area contributed by atoms with E-state index in [-0.39, 0.29) is 6.42 Å². The summed E-state index contributed by atoms with van der Waals surface area (Å²) in [6.45, 7) is 1.70. The van der Waals surface area contributed by atoms with Crippen molar-refractivity contribution in [1.29, 1.82) is 0 Å². The molecule has 1 amide bonds. The lowest BCUT2D eigenvalue weighted by Crippen LogP contribution is -2.38. The van der Waals surface area contributed by atoms with E-state index in [1.807, 2.05) is 24.3 Å². The predicted molar refractivity (Wildman–Crippen MR) is 101 cm³/mol. The maximum atomic E-state index is 12.8. The fourth-order valence-corrected chi connectivity index (χ4v) is 3.52. The lowest BCUT2D eigenvalue weighted by atomic mass is 10.0. The number of fused-ring (bicyclic) bond motifs is 1. The highest BCUT2D eigenvalue weighted by Crippen LogP contribution is 2.56. The highest BCUT2D eigenvalue weighted by atomic mass is 19.4. The van der Waals surface area contributed by atoms with Crippen molar-refractivity contribution in [3.05, 3.63) is 71.4 Å². The Morgan fingerprint density at radius 3 is 2.61 bits per heavy atom. The quantitative estimate of drug-likeness (QED) is 0.403. The van der Waals surface area contributed by atoms with E-state index >= 15 is 0 Å². The number of hydrogen-bond donors (Lipinski definition) is 1. The van der Waals surface area contributed by atoms with E-state index in [0.717, 1.165) is 15.9 Å². The van der Waals surface area contributed by atoms with Crippen molar-refractivity contribution in [2.75, 3.05) is 5.01 Å². The molecule has 1 aliphatic carbocycles. The number of benzene rings is 2. The fraction of sp³-hybridized carbons (Fsp3) is 0.238. The number of aromatic nitrogens is 1. The summed E-state index contributed by atoms with van der Waals surface area (Å²) in [7, 11) is 0. The Labute approximate surface area is 159 Å². The largest absolute Gasteiger partial charge is 0.392 e. The number of nitrogens with zero attached hydrogens (tertiary/aromatic N) is 2. The number of carbonyl (C=O) groups excluding carboxylic acids is 1. The van der Waals surface area contributed by atoms with E-state index in [4.69, 9.17) is 5.84 Å². The molecule has 2 unspecified atom stereocenters. The fourth-order valence-electron chi connectivity index (χ4n) is 3.52. The van der Waals surface area contributed by atoms with Crippen molar-refractivity contribution in [2.45, 2.75) is 25.4 Å². The van der Waals surface area contributed by atoms with Gasteiger partial charge in [-0.15, -0.1) is 0 Å². The number of alkyl halides is 3. The molecule has 4 rings (SSSR count). The molecule has 1 heterocycles. The van der Waals surface area contributed by atoms with Crippen LogP contribution < -0.4 is 10.9 Å². The van der Waals surface area contributed by atoms with Crippen molar-refractivity contribution >= 4 is 22.5 Å². The average Bonchev–Trinajstić information content (AvgIpc) is 3.48. The van der Waals surface area contributed by atoms with Crippen LogP contribution in [0.2, 0.25) is 0 Å². The van der Waals surface area contributed by atoms with Gasteiger partial charge in [0.2, 0.25) is 0 Å². The zero-order valence-electron chi connectivity index (χ0n) is 15.1. The first-order valence-electron chi connectivity index (χ1n) is 8.87. The number of amides is 1. The molecular weight excluding hydrogens is 367 g/mol. The Kier molecular flexibility index (Phi) is 4.34. The number of para-hydroxylation sites is 1. The summed E-state index contributed by atoms with van der Waals surface area (Å²) >= 11 is 0. The predicted octanol–water partition coefficient (Wildman–Crippen LogP) is 4.73. The minimum absolute atomic E-state index is 0.0992. The van der Waals surface area contributed by atoms with Crippen LogP contribution in [0.4, 0.5) is 18.9 Å². The van der Waals surface area contributed by atoms with Gasteiger partial charge in [-0.2, -0.15) is 13.2 Å². The van der Waals surface area contributed by atoms with Crippen LogP contribution in [0.25, 0.3) is 10.9 Å². The number of hydrazine groups is 1. The second kappa shape index (κ2) is 6.60. The van der Waals surface area contributed by atoms with Gasteiger partial charge in [-0.3, -0.25) is 9.78 Å². The third-order valence-electron chi connectivity index (χ3n) is 5.19. The molecule has 28 heavy (non-hydrogen) atoms. The van der Waals surface area contributed by atoms with E-state index < -0.39 is 23.9 Å².